The van der Waals surface area contributed by atoms with Crippen molar-refractivity contribution in [3.05, 3.63) is 23.5 Å². The molecule has 2 N–H and O–H groups in total. The molecule has 3 heteroatoms. The Morgan fingerprint density at radius 2 is 2.07 bits per heavy atom. The average Bonchev–Trinajstić information content (AvgIpc) is 2.17. The van der Waals surface area contributed by atoms with E-state index in [0.717, 1.165) is 17.0 Å². The number of ether oxygens (including phenoxy) is 1. The molecule has 0 amide bonds. The average molecular weight is 208 g/mol. The molecule has 1 rings (SSSR count). The van der Waals surface area contributed by atoms with E-state index >= 15 is 0 Å². The number of nitrogens with two attached hydrogens (primary N) is 1. The zero-order chi connectivity index (χ0) is 11.5. The minimum absolute atomic E-state index is 0.0503. The Hall–Kier alpha value is -1.09. The molecule has 84 valence electrons. The molecule has 1 heterocycles. The van der Waals surface area contributed by atoms with Crippen LogP contribution in [0.4, 0.5) is 0 Å². The van der Waals surface area contributed by atoms with Gasteiger partial charge in [0.15, 0.2) is 0 Å². The number of hydrogen-bond donors (Lipinski definition) is 1. The molecule has 0 atom stereocenters. The lowest BCUT2D eigenvalue weighted by molar-refractivity contribution is 0.334. The van der Waals surface area contributed by atoms with Crippen molar-refractivity contribution in [1.29, 1.82) is 0 Å². The van der Waals surface area contributed by atoms with Gasteiger partial charge in [-0.2, -0.15) is 0 Å². The van der Waals surface area contributed by atoms with E-state index in [1.54, 1.807) is 6.20 Å². The van der Waals surface area contributed by atoms with Gasteiger partial charge in [-0.15, -0.1) is 0 Å². The van der Waals surface area contributed by atoms with Gasteiger partial charge in [0.25, 0.3) is 0 Å². The minimum atomic E-state index is 0.0503. The van der Waals surface area contributed by atoms with E-state index in [0.29, 0.717) is 13.2 Å². The molecule has 0 bridgehead atoms. The minimum Gasteiger partial charge on any atom is -0.492 e. The van der Waals surface area contributed by atoms with Crippen molar-refractivity contribution >= 4 is 0 Å². The Labute approximate surface area is 91.7 Å². The van der Waals surface area contributed by atoms with E-state index in [2.05, 4.69) is 25.8 Å². The third-order valence-electron chi connectivity index (χ3n) is 2.24. The molecule has 1 aromatic rings. The summed E-state index contributed by atoms with van der Waals surface area (Å²) in [7, 11) is 0. The second-order valence-electron chi connectivity index (χ2n) is 4.56. The molecule has 0 aliphatic rings. The molecule has 0 radical (unpaired) electrons. The van der Waals surface area contributed by atoms with Gasteiger partial charge in [0.2, 0.25) is 0 Å². The number of nitrogens with zero attached hydrogens (tertiary/aromatic N) is 1. The highest BCUT2D eigenvalue weighted by molar-refractivity contribution is 5.34. The Morgan fingerprint density at radius 3 is 2.53 bits per heavy atom. The van der Waals surface area contributed by atoms with E-state index in [1.165, 1.54) is 0 Å². The third kappa shape index (κ3) is 2.93. The molecule has 0 saturated carbocycles. The maximum atomic E-state index is 5.69. The summed E-state index contributed by atoms with van der Waals surface area (Å²) in [6, 6.07) is 2.03. The van der Waals surface area contributed by atoms with E-state index in [4.69, 9.17) is 10.5 Å². The lowest BCUT2D eigenvalue weighted by Crippen LogP contribution is -2.15. The number of aromatic nitrogens is 1. The van der Waals surface area contributed by atoms with Gasteiger partial charge in [0, 0.05) is 23.2 Å². The maximum absolute atomic E-state index is 5.69. The molecule has 0 aliphatic carbocycles. The first-order valence-electron chi connectivity index (χ1n) is 5.31. The first-order chi connectivity index (χ1) is 6.99. The van der Waals surface area contributed by atoms with Gasteiger partial charge in [-0.3, -0.25) is 4.98 Å². The first-order valence-corrected chi connectivity index (χ1v) is 5.31. The molecule has 0 aromatic carbocycles. The normalized spacial score (nSPS) is 11.5. The summed E-state index contributed by atoms with van der Waals surface area (Å²) in [5.41, 5.74) is 7.81. The molecular formula is C12H20N2O. The van der Waals surface area contributed by atoms with Crippen LogP contribution in [0.25, 0.3) is 0 Å². The second-order valence-corrected chi connectivity index (χ2v) is 4.56. The van der Waals surface area contributed by atoms with Crippen LogP contribution < -0.4 is 10.5 Å². The monoisotopic (exact) mass is 208 g/mol. The van der Waals surface area contributed by atoms with Crippen molar-refractivity contribution in [1.82, 2.24) is 4.98 Å². The lowest BCUT2D eigenvalue weighted by atomic mass is 9.91. The SMILES string of the molecule is CCOc1cnc(C(C)(C)C)cc1CN. The highest BCUT2D eigenvalue weighted by atomic mass is 16.5. The molecular weight excluding hydrogens is 188 g/mol. The summed E-state index contributed by atoms with van der Waals surface area (Å²) in [5, 5.41) is 0. The smallest absolute Gasteiger partial charge is 0.142 e. The fourth-order valence-electron chi connectivity index (χ4n) is 1.34. The fourth-order valence-corrected chi connectivity index (χ4v) is 1.34. The Morgan fingerprint density at radius 1 is 1.40 bits per heavy atom. The highest BCUT2D eigenvalue weighted by Crippen LogP contribution is 2.25. The van der Waals surface area contributed by atoms with Crippen LogP contribution in [-0.2, 0) is 12.0 Å². The van der Waals surface area contributed by atoms with E-state index in [-0.39, 0.29) is 5.41 Å². The second kappa shape index (κ2) is 4.62. The van der Waals surface area contributed by atoms with Gasteiger partial charge >= 0.3 is 0 Å². The lowest BCUT2D eigenvalue weighted by Gasteiger charge is -2.19. The maximum Gasteiger partial charge on any atom is 0.142 e. The summed E-state index contributed by atoms with van der Waals surface area (Å²) < 4.78 is 5.45. The topological polar surface area (TPSA) is 48.1 Å². The van der Waals surface area contributed by atoms with E-state index in [9.17, 15) is 0 Å². The van der Waals surface area contributed by atoms with Gasteiger partial charge in [-0.1, -0.05) is 20.8 Å². The van der Waals surface area contributed by atoms with E-state index in [1.807, 2.05) is 13.0 Å². The Bertz CT molecular complexity index is 329. The highest BCUT2D eigenvalue weighted by Gasteiger charge is 2.17. The largest absolute Gasteiger partial charge is 0.492 e. The summed E-state index contributed by atoms with van der Waals surface area (Å²) >= 11 is 0. The van der Waals surface area contributed by atoms with Crippen molar-refractivity contribution in [3.8, 4) is 5.75 Å². The molecule has 0 saturated heterocycles. The molecule has 0 aliphatic heterocycles. The van der Waals surface area contributed by atoms with Crippen molar-refractivity contribution < 1.29 is 4.74 Å². The van der Waals surface area contributed by atoms with Crippen LogP contribution in [0.1, 0.15) is 39.0 Å². The summed E-state index contributed by atoms with van der Waals surface area (Å²) in [6.45, 7) is 9.49. The molecule has 1 aromatic heterocycles. The summed E-state index contributed by atoms with van der Waals surface area (Å²) in [6.07, 6.45) is 1.77. The van der Waals surface area contributed by atoms with Crippen LogP contribution in [0.15, 0.2) is 12.3 Å². The van der Waals surface area contributed by atoms with Crippen LogP contribution in [-0.4, -0.2) is 11.6 Å². The van der Waals surface area contributed by atoms with Gasteiger partial charge in [0.05, 0.1) is 12.8 Å². The van der Waals surface area contributed by atoms with Crippen molar-refractivity contribution in [2.75, 3.05) is 6.61 Å². The Kier molecular flexibility index (Phi) is 3.69. The van der Waals surface area contributed by atoms with Crippen molar-refractivity contribution in [2.24, 2.45) is 5.73 Å². The van der Waals surface area contributed by atoms with Gasteiger partial charge in [-0.25, -0.2) is 0 Å². The standard InChI is InChI=1S/C12H20N2O/c1-5-15-10-8-14-11(12(2,3)4)6-9(10)7-13/h6,8H,5,7,13H2,1-4H3. The fraction of sp³-hybridized carbons (Fsp3) is 0.583. The third-order valence-corrected chi connectivity index (χ3v) is 2.24. The quantitative estimate of drug-likeness (QED) is 0.828. The zero-order valence-electron chi connectivity index (χ0n) is 10.0. The molecule has 0 unspecified atom stereocenters. The number of pyridine rings is 1. The molecule has 0 spiro atoms. The van der Waals surface area contributed by atoms with Crippen LogP contribution in [0.5, 0.6) is 5.75 Å². The Balaban J connectivity index is 3.08. The number of rotatable bonds is 3. The van der Waals surface area contributed by atoms with Gasteiger partial charge < -0.3 is 10.5 Å². The predicted octanol–water partition coefficient (Wildman–Crippen LogP) is 2.24. The van der Waals surface area contributed by atoms with Crippen molar-refractivity contribution in [3.63, 3.8) is 0 Å². The molecule has 0 fully saturated rings. The van der Waals surface area contributed by atoms with Gasteiger partial charge in [-0.05, 0) is 13.0 Å². The molecule has 15 heavy (non-hydrogen) atoms. The predicted molar refractivity (Wildman–Crippen MR) is 62.0 cm³/mol. The molecule has 3 nitrogen and oxygen atoms in total. The first kappa shape index (κ1) is 12.0. The summed E-state index contributed by atoms with van der Waals surface area (Å²) in [5.74, 6) is 0.799. The zero-order valence-corrected chi connectivity index (χ0v) is 10.0. The van der Waals surface area contributed by atoms with Gasteiger partial charge in [0.1, 0.15) is 5.75 Å². The number of hydrogen-bond acceptors (Lipinski definition) is 3. The van der Waals surface area contributed by atoms with Crippen LogP contribution in [0.2, 0.25) is 0 Å². The van der Waals surface area contributed by atoms with Crippen LogP contribution in [0, 0.1) is 0 Å². The van der Waals surface area contributed by atoms with Crippen LogP contribution >= 0.6 is 0 Å². The summed E-state index contributed by atoms with van der Waals surface area (Å²) in [4.78, 5) is 4.40. The van der Waals surface area contributed by atoms with Crippen molar-refractivity contribution in [2.45, 2.75) is 39.7 Å². The van der Waals surface area contributed by atoms with E-state index < -0.39 is 0 Å². The van der Waals surface area contributed by atoms with Crippen LogP contribution in [0.3, 0.4) is 0 Å².